The fourth-order valence-corrected chi connectivity index (χ4v) is 3.13. The summed E-state index contributed by atoms with van der Waals surface area (Å²) < 4.78 is 4.84. The second-order valence-electron chi connectivity index (χ2n) is 6.12. The first-order valence-electron chi connectivity index (χ1n) is 8.95. The molecule has 0 saturated carbocycles. The summed E-state index contributed by atoms with van der Waals surface area (Å²) in [6.07, 6.45) is 5.64. The van der Waals surface area contributed by atoms with Crippen molar-refractivity contribution in [2.24, 2.45) is 0 Å². The average Bonchev–Trinajstić information content (AvgIpc) is 2.65. The lowest BCUT2D eigenvalue weighted by Gasteiger charge is -2.39. The van der Waals surface area contributed by atoms with Gasteiger partial charge in [-0.15, -0.1) is 0 Å². The predicted molar refractivity (Wildman–Crippen MR) is 94.9 cm³/mol. The van der Waals surface area contributed by atoms with Crippen molar-refractivity contribution in [3.8, 4) is 0 Å². The highest BCUT2D eigenvalue weighted by molar-refractivity contribution is 5.80. The number of hydrogen-bond donors (Lipinski definition) is 1. The van der Waals surface area contributed by atoms with Gasteiger partial charge >= 0.3 is 12.0 Å². The van der Waals surface area contributed by atoms with Crippen LogP contribution in [0.25, 0.3) is 0 Å². The fourth-order valence-electron chi connectivity index (χ4n) is 3.13. The molecule has 7 nitrogen and oxygen atoms in total. The van der Waals surface area contributed by atoms with Crippen LogP contribution in [0.2, 0.25) is 0 Å². The average molecular weight is 348 g/mol. The Morgan fingerprint density at radius 1 is 1.36 bits per heavy atom. The van der Waals surface area contributed by atoms with Crippen LogP contribution in [0, 0.1) is 0 Å². The van der Waals surface area contributed by atoms with Crippen LogP contribution in [-0.4, -0.2) is 65.6 Å². The van der Waals surface area contributed by atoms with Crippen molar-refractivity contribution >= 4 is 12.0 Å². The molecule has 0 aliphatic carbocycles. The summed E-state index contributed by atoms with van der Waals surface area (Å²) in [6.45, 7) is 7.29. The Labute approximate surface area is 149 Å². The predicted octanol–water partition coefficient (Wildman–Crippen LogP) is 1.64. The van der Waals surface area contributed by atoms with Crippen molar-refractivity contribution in [3.05, 3.63) is 30.1 Å². The number of likely N-dealkylation sites (tertiary alicyclic amines) is 1. The maximum Gasteiger partial charge on any atom is 0.325 e. The number of carbonyl (C=O) groups is 2. The third kappa shape index (κ3) is 6.01. The Balaban J connectivity index is 1.87. The lowest BCUT2D eigenvalue weighted by atomic mass is 10.0. The molecular weight excluding hydrogens is 320 g/mol. The SMILES string of the molecule is CCOC(=O)CNC(=O)N1CCCC(N(CC)Cc2ccncc2)C1. The zero-order valence-electron chi connectivity index (χ0n) is 15.1. The van der Waals surface area contributed by atoms with E-state index in [1.807, 2.05) is 12.1 Å². The van der Waals surface area contributed by atoms with Gasteiger partial charge < -0.3 is 15.0 Å². The van der Waals surface area contributed by atoms with E-state index in [1.54, 1.807) is 24.2 Å². The number of pyridine rings is 1. The highest BCUT2D eigenvalue weighted by Gasteiger charge is 2.27. The van der Waals surface area contributed by atoms with E-state index in [-0.39, 0.29) is 12.6 Å². The summed E-state index contributed by atoms with van der Waals surface area (Å²) in [5.41, 5.74) is 1.22. The Morgan fingerprint density at radius 2 is 2.12 bits per heavy atom. The van der Waals surface area contributed by atoms with Crippen LogP contribution in [-0.2, 0) is 16.1 Å². The van der Waals surface area contributed by atoms with Crippen molar-refractivity contribution in [1.29, 1.82) is 0 Å². The number of piperidine rings is 1. The molecule has 1 N–H and O–H groups in total. The minimum Gasteiger partial charge on any atom is -0.465 e. The van der Waals surface area contributed by atoms with Crippen molar-refractivity contribution in [1.82, 2.24) is 20.1 Å². The lowest BCUT2D eigenvalue weighted by molar-refractivity contribution is -0.141. The van der Waals surface area contributed by atoms with E-state index in [0.717, 1.165) is 32.5 Å². The highest BCUT2D eigenvalue weighted by Crippen LogP contribution is 2.18. The Morgan fingerprint density at radius 3 is 2.80 bits per heavy atom. The van der Waals surface area contributed by atoms with Crippen LogP contribution >= 0.6 is 0 Å². The second kappa shape index (κ2) is 9.98. The molecule has 2 amide bonds. The van der Waals surface area contributed by atoms with Gasteiger partial charge in [0, 0.05) is 38.1 Å². The summed E-state index contributed by atoms with van der Waals surface area (Å²) in [7, 11) is 0. The number of amides is 2. The fraction of sp³-hybridized carbons (Fsp3) is 0.611. The molecule has 0 bridgehead atoms. The van der Waals surface area contributed by atoms with E-state index in [1.165, 1.54) is 5.56 Å². The first kappa shape index (κ1) is 19.2. The van der Waals surface area contributed by atoms with Gasteiger partial charge in [-0.2, -0.15) is 0 Å². The molecule has 25 heavy (non-hydrogen) atoms. The zero-order valence-corrected chi connectivity index (χ0v) is 15.1. The monoisotopic (exact) mass is 348 g/mol. The van der Waals surface area contributed by atoms with Crippen molar-refractivity contribution in [2.75, 3.05) is 32.8 Å². The van der Waals surface area contributed by atoms with Crippen LogP contribution < -0.4 is 5.32 Å². The van der Waals surface area contributed by atoms with Gasteiger partial charge in [-0.1, -0.05) is 6.92 Å². The van der Waals surface area contributed by atoms with Gasteiger partial charge in [0.2, 0.25) is 0 Å². The minimum absolute atomic E-state index is 0.0810. The van der Waals surface area contributed by atoms with Gasteiger partial charge in [0.05, 0.1) is 6.61 Å². The maximum absolute atomic E-state index is 12.3. The van der Waals surface area contributed by atoms with Crippen LogP contribution in [0.4, 0.5) is 4.79 Å². The molecule has 0 radical (unpaired) electrons. The Hall–Kier alpha value is -2.15. The molecule has 1 aromatic rings. The number of likely N-dealkylation sites (N-methyl/N-ethyl adjacent to an activating group) is 1. The zero-order chi connectivity index (χ0) is 18.1. The van der Waals surface area contributed by atoms with Crippen LogP contribution in [0.5, 0.6) is 0 Å². The summed E-state index contributed by atoms with van der Waals surface area (Å²) in [5.74, 6) is -0.405. The number of ether oxygens (including phenoxy) is 1. The summed E-state index contributed by atoms with van der Waals surface area (Å²) in [5, 5.41) is 2.65. The van der Waals surface area contributed by atoms with Gasteiger partial charge in [-0.3, -0.25) is 14.7 Å². The van der Waals surface area contributed by atoms with E-state index in [2.05, 4.69) is 22.1 Å². The molecule has 1 unspecified atom stereocenters. The molecule has 1 saturated heterocycles. The number of urea groups is 1. The molecule has 1 aromatic heterocycles. The Bertz CT molecular complexity index is 553. The maximum atomic E-state index is 12.3. The van der Waals surface area contributed by atoms with Crippen molar-refractivity contribution < 1.29 is 14.3 Å². The first-order chi connectivity index (χ1) is 12.1. The van der Waals surface area contributed by atoms with Gasteiger partial charge in [0.15, 0.2) is 0 Å². The third-order valence-electron chi connectivity index (χ3n) is 4.43. The summed E-state index contributed by atoms with van der Waals surface area (Å²) in [6, 6.07) is 4.17. The molecular formula is C18H28N4O3. The normalized spacial score (nSPS) is 17.4. The smallest absolute Gasteiger partial charge is 0.325 e. The highest BCUT2D eigenvalue weighted by atomic mass is 16.5. The molecule has 138 valence electrons. The topological polar surface area (TPSA) is 74.8 Å². The number of rotatable bonds is 7. The number of hydrogen-bond acceptors (Lipinski definition) is 5. The number of carbonyl (C=O) groups excluding carboxylic acids is 2. The van der Waals surface area contributed by atoms with Crippen molar-refractivity contribution in [3.63, 3.8) is 0 Å². The van der Waals surface area contributed by atoms with E-state index in [0.29, 0.717) is 19.2 Å². The quantitative estimate of drug-likeness (QED) is 0.758. The van der Waals surface area contributed by atoms with Crippen LogP contribution in [0.1, 0.15) is 32.3 Å². The standard InChI is InChI=1S/C18H28N4O3/c1-3-21(13-15-7-9-19-10-8-15)16-6-5-11-22(14-16)18(24)20-12-17(23)25-4-2/h7-10,16H,3-6,11-14H2,1-2H3,(H,20,24). The summed E-state index contributed by atoms with van der Waals surface area (Å²) in [4.78, 5) is 31.9. The molecule has 1 aliphatic heterocycles. The van der Waals surface area contributed by atoms with Crippen LogP contribution in [0.15, 0.2) is 24.5 Å². The molecule has 0 spiro atoms. The second-order valence-corrected chi connectivity index (χ2v) is 6.12. The number of aromatic nitrogens is 1. The molecule has 1 fully saturated rings. The van der Waals surface area contributed by atoms with E-state index in [4.69, 9.17) is 4.74 Å². The molecule has 0 aromatic carbocycles. The molecule has 2 rings (SSSR count). The molecule has 1 aliphatic rings. The van der Waals surface area contributed by atoms with E-state index >= 15 is 0 Å². The minimum atomic E-state index is -0.405. The molecule has 2 heterocycles. The van der Waals surface area contributed by atoms with Crippen LogP contribution in [0.3, 0.4) is 0 Å². The van der Waals surface area contributed by atoms with E-state index in [9.17, 15) is 9.59 Å². The Kier molecular flexibility index (Phi) is 7.66. The summed E-state index contributed by atoms with van der Waals surface area (Å²) >= 11 is 0. The number of nitrogens with one attached hydrogen (secondary N) is 1. The number of nitrogens with zero attached hydrogens (tertiary/aromatic N) is 3. The van der Waals surface area contributed by atoms with Gasteiger partial charge in [-0.05, 0) is 44.0 Å². The van der Waals surface area contributed by atoms with Gasteiger partial charge in [0.25, 0.3) is 0 Å². The first-order valence-corrected chi connectivity index (χ1v) is 8.95. The molecule has 7 heteroatoms. The van der Waals surface area contributed by atoms with Gasteiger partial charge in [0.1, 0.15) is 6.54 Å². The lowest BCUT2D eigenvalue weighted by Crippen LogP contribution is -2.52. The third-order valence-corrected chi connectivity index (χ3v) is 4.43. The largest absolute Gasteiger partial charge is 0.465 e. The molecule has 1 atom stereocenters. The van der Waals surface area contributed by atoms with Gasteiger partial charge in [-0.25, -0.2) is 4.79 Å². The number of esters is 1. The van der Waals surface area contributed by atoms with Crippen molar-refractivity contribution in [2.45, 2.75) is 39.3 Å². The van der Waals surface area contributed by atoms with E-state index < -0.39 is 5.97 Å².